The van der Waals surface area contributed by atoms with Crippen LogP contribution in [0.3, 0.4) is 0 Å². The number of esters is 1. The van der Waals surface area contributed by atoms with E-state index in [0.29, 0.717) is 11.5 Å². The molecule has 1 atom stereocenters. The van der Waals surface area contributed by atoms with Crippen LogP contribution in [0.15, 0.2) is 23.8 Å². The SMILES string of the molecule is COC(=O)C1=CCC(C)C=C1. The molecule has 0 aromatic carbocycles. The Balaban J connectivity index is 2.63. The minimum absolute atomic E-state index is 0.242. The van der Waals surface area contributed by atoms with Crippen molar-refractivity contribution in [2.75, 3.05) is 7.11 Å². The average molecular weight is 152 g/mol. The van der Waals surface area contributed by atoms with Gasteiger partial charge in [-0.05, 0) is 12.3 Å². The van der Waals surface area contributed by atoms with Crippen LogP contribution in [-0.2, 0) is 9.53 Å². The summed E-state index contributed by atoms with van der Waals surface area (Å²) in [5.74, 6) is 0.302. The predicted molar refractivity (Wildman–Crippen MR) is 43.0 cm³/mol. The first-order valence-electron chi connectivity index (χ1n) is 3.70. The Labute approximate surface area is 66.5 Å². The molecule has 0 spiro atoms. The van der Waals surface area contributed by atoms with Crippen LogP contribution in [-0.4, -0.2) is 13.1 Å². The van der Waals surface area contributed by atoms with E-state index in [1.54, 1.807) is 0 Å². The molecule has 0 amide bonds. The minimum atomic E-state index is -0.242. The summed E-state index contributed by atoms with van der Waals surface area (Å²) in [6, 6.07) is 0. The van der Waals surface area contributed by atoms with Crippen LogP contribution in [0.4, 0.5) is 0 Å². The van der Waals surface area contributed by atoms with E-state index < -0.39 is 0 Å². The third kappa shape index (κ3) is 1.93. The summed E-state index contributed by atoms with van der Waals surface area (Å²) >= 11 is 0. The first kappa shape index (κ1) is 8.05. The number of carbonyl (C=O) groups excluding carboxylic acids is 1. The van der Waals surface area contributed by atoms with Gasteiger partial charge < -0.3 is 4.74 Å². The summed E-state index contributed by atoms with van der Waals surface area (Å²) in [7, 11) is 1.40. The fourth-order valence-electron chi connectivity index (χ4n) is 0.997. The highest BCUT2D eigenvalue weighted by Crippen LogP contribution is 2.15. The van der Waals surface area contributed by atoms with Crippen molar-refractivity contribution in [1.82, 2.24) is 0 Å². The van der Waals surface area contributed by atoms with E-state index in [1.807, 2.05) is 18.2 Å². The van der Waals surface area contributed by atoms with Gasteiger partial charge in [0, 0.05) is 0 Å². The molecular formula is C9H12O2. The summed E-state index contributed by atoms with van der Waals surface area (Å²) in [5, 5.41) is 0. The molecule has 1 aliphatic rings. The Morgan fingerprint density at radius 1 is 1.73 bits per heavy atom. The van der Waals surface area contributed by atoms with Crippen LogP contribution in [0, 0.1) is 5.92 Å². The highest BCUT2D eigenvalue weighted by Gasteiger charge is 2.09. The second-order valence-corrected chi connectivity index (χ2v) is 2.72. The van der Waals surface area contributed by atoms with Crippen molar-refractivity contribution in [3.63, 3.8) is 0 Å². The van der Waals surface area contributed by atoms with E-state index in [9.17, 15) is 4.79 Å². The number of hydrogen-bond acceptors (Lipinski definition) is 2. The molecule has 1 aliphatic carbocycles. The van der Waals surface area contributed by atoms with Gasteiger partial charge in [-0.3, -0.25) is 0 Å². The van der Waals surface area contributed by atoms with E-state index >= 15 is 0 Å². The fraction of sp³-hybridized carbons (Fsp3) is 0.444. The van der Waals surface area contributed by atoms with Crippen molar-refractivity contribution >= 4 is 5.97 Å². The molecule has 2 nitrogen and oxygen atoms in total. The standard InChI is InChI=1S/C9H12O2/c1-7-3-5-8(6-4-7)9(10)11-2/h3,5-7H,4H2,1-2H3. The molecule has 0 radical (unpaired) electrons. The summed E-state index contributed by atoms with van der Waals surface area (Å²) in [6.45, 7) is 2.11. The van der Waals surface area contributed by atoms with Crippen molar-refractivity contribution in [1.29, 1.82) is 0 Å². The zero-order valence-electron chi connectivity index (χ0n) is 6.83. The van der Waals surface area contributed by atoms with E-state index in [2.05, 4.69) is 11.7 Å². The molecule has 0 heterocycles. The molecule has 60 valence electrons. The van der Waals surface area contributed by atoms with Crippen molar-refractivity contribution in [2.45, 2.75) is 13.3 Å². The zero-order valence-corrected chi connectivity index (χ0v) is 6.83. The second-order valence-electron chi connectivity index (χ2n) is 2.72. The molecule has 0 aromatic heterocycles. The van der Waals surface area contributed by atoms with Gasteiger partial charge >= 0.3 is 5.97 Å². The molecule has 0 aromatic rings. The lowest BCUT2D eigenvalue weighted by molar-refractivity contribution is -0.135. The normalized spacial score (nSPS) is 22.7. The van der Waals surface area contributed by atoms with Gasteiger partial charge in [-0.25, -0.2) is 4.79 Å². The first-order valence-corrected chi connectivity index (χ1v) is 3.70. The molecule has 0 bridgehead atoms. The van der Waals surface area contributed by atoms with Crippen LogP contribution in [0.2, 0.25) is 0 Å². The molecule has 0 saturated carbocycles. The summed E-state index contributed by atoms with van der Waals surface area (Å²) in [6.07, 6.45) is 6.68. The number of ether oxygens (including phenoxy) is 1. The number of allylic oxidation sites excluding steroid dienone is 2. The second kappa shape index (κ2) is 3.37. The number of rotatable bonds is 1. The predicted octanol–water partition coefficient (Wildman–Crippen LogP) is 1.68. The van der Waals surface area contributed by atoms with Gasteiger partial charge in [-0.1, -0.05) is 25.2 Å². The maximum Gasteiger partial charge on any atom is 0.337 e. The topological polar surface area (TPSA) is 26.3 Å². The third-order valence-electron chi connectivity index (χ3n) is 1.73. The quantitative estimate of drug-likeness (QED) is 0.534. The zero-order chi connectivity index (χ0) is 8.27. The molecule has 0 fully saturated rings. The van der Waals surface area contributed by atoms with Crippen LogP contribution in [0.5, 0.6) is 0 Å². The van der Waals surface area contributed by atoms with Crippen LogP contribution >= 0.6 is 0 Å². The van der Waals surface area contributed by atoms with Gasteiger partial charge in [0.2, 0.25) is 0 Å². The van der Waals surface area contributed by atoms with Gasteiger partial charge in [-0.15, -0.1) is 0 Å². The smallest absolute Gasteiger partial charge is 0.337 e. The van der Waals surface area contributed by atoms with Crippen molar-refractivity contribution in [2.24, 2.45) is 5.92 Å². The van der Waals surface area contributed by atoms with Crippen molar-refractivity contribution in [3.05, 3.63) is 23.8 Å². The Bertz CT molecular complexity index is 214. The van der Waals surface area contributed by atoms with E-state index in [0.717, 1.165) is 6.42 Å². The van der Waals surface area contributed by atoms with Gasteiger partial charge in [0.25, 0.3) is 0 Å². The highest BCUT2D eigenvalue weighted by molar-refractivity contribution is 5.91. The molecule has 11 heavy (non-hydrogen) atoms. The molecule has 0 saturated heterocycles. The van der Waals surface area contributed by atoms with Gasteiger partial charge in [-0.2, -0.15) is 0 Å². The monoisotopic (exact) mass is 152 g/mol. The van der Waals surface area contributed by atoms with Gasteiger partial charge in [0.15, 0.2) is 0 Å². The van der Waals surface area contributed by atoms with Crippen molar-refractivity contribution < 1.29 is 9.53 Å². The lowest BCUT2D eigenvalue weighted by Crippen LogP contribution is -2.06. The molecule has 0 N–H and O–H groups in total. The van der Waals surface area contributed by atoms with Gasteiger partial charge in [0.05, 0.1) is 12.7 Å². The molecule has 0 aliphatic heterocycles. The van der Waals surface area contributed by atoms with Crippen LogP contribution in [0.1, 0.15) is 13.3 Å². The maximum atomic E-state index is 10.9. The average Bonchev–Trinajstić information content (AvgIpc) is 2.05. The molecular weight excluding hydrogens is 140 g/mol. The lowest BCUT2D eigenvalue weighted by atomic mass is 9.99. The fourth-order valence-corrected chi connectivity index (χ4v) is 0.997. The van der Waals surface area contributed by atoms with E-state index in [-0.39, 0.29) is 5.97 Å². The van der Waals surface area contributed by atoms with E-state index in [4.69, 9.17) is 0 Å². The van der Waals surface area contributed by atoms with E-state index in [1.165, 1.54) is 7.11 Å². The number of carbonyl (C=O) groups is 1. The minimum Gasteiger partial charge on any atom is -0.465 e. The largest absolute Gasteiger partial charge is 0.465 e. The lowest BCUT2D eigenvalue weighted by Gasteiger charge is -2.09. The summed E-state index contributed by atoms with van der Waals surface area (Å²) in [5.41, 5.74) is 0.672. The Kier molecular flexibility index (Phi) is 2.47. The molecule has 2 heteroatoms. The van der Waals surface area contributed by atoms with Crippen LogP contribution < -0.4 is 0 Å². The number of hydrogen-bond donors (Lipinski definition) is 0. The number of methoxy groups -OCH3 is 1. The van der Waals surface area contributed by atoms with Crippen LogP contribution in [0.25, 0.3) is 0 Å². The highest BCUT2D eigenvalue weighted by atomic mass is 16.5. The third-order valence-corrected chi connectivity index (χ3v) is 1.73. The Morgan fingerprint density at radius 3 is 2.91 bits per heavy atom. The van der Waals surface area contributed by atoms with Gasteiger partial charge in [0.1, 0.15) is 0 Å². The molecule has 1 unspecified atom stereocenters. The summed E-state index contributed by atoms with van der Waals surface area (Å²) < 4.78 is 4.57. The Hall–Kier alpha value is -1.05. The maximum absolute atomic E-state index is 10.9. The Morgan fingerprint density at radius 2 is 2.45 bits per heavy atom. The summed E-state index contributed by atoms with van der Waals surface area (Å²) in [4.78, 5) is 10.9. The van der Waals surface area contributed by atoms with Crippen molar-refractivity contribution in [3.8, 4) is 0 Å². The molecule has 1 rings (SSSR count). The first-order chi connectivity index (χ1) is 5.24.